The Morgan fingerprint density at radius 2 is 1.69 bits per heavy atom. The first-order chi connectivity index (χ1) is 7.49. The quantitative estimate of drug-likeness (QED) is 0.655. The molecule has 0 saturated carbocycles. The molecule has 0 N–H and O–H groups in total. The third-order valence-corrected chi connectivity index (χ3v) is 3.74. The van der Waals surface area contributed by atoms with Crippen LogP contribution < -0.4 is 0 Å². The number of carbonyl (C=O) groups is 1. The maximum absolute atomic E-state index is 12.3. The zero-order chi connectivity index (χ0) is 12.7. The molecule has 0 aromatic carbocycles. The number of hydrogen-bond acceptors (Lipinski definition) is 1. The highest BCUT2D eigenvalue weighted by atomic mass is 79.9. The zero-order valence-electron chi connectivity index (χ0n) is 11.3. The molecule has 0 bridgehead atoms. The number of amides is 1. The van der Waals surface area contributed by atoms with Crippen LogP contribution in [-0.2, 0) is 4.79 Å². The van der Waals surface area contributed by atoms with Crippen molar-refractivity contribution in [2.45, 2.75) is 53.5 Å². The van der Waals surface area contributed by atoms with Crippen LogP contribution in [0.5, 0.6) is 0 Å². The lowest BCUT2D eigenvalue weighted by atomic mass is 9.95. The maximum Gasteiger partial charge on any atom is 0.225 e. The molecule has 0 spiro atoms. The van der Waals surface area contributed by atoms with Gasteiger partial charge in [-0.2, -0.15) is 0 Å². The Balaban J connectivity index is 4.69. The van der Waals surface area contributed by atoms with Crippen LogP contribution in [0.4, 0.5) is 0 Å². The van der Waals surface area contributed by atoms with Crippen LogP contribution in [-0.4, -0.2) is 28.7 Å². The summed E-state index contributed by atoms with van der Waals surface area (Å²) in [6.45, 7) is 11.4. The van der Waals surface area contributed by atoms with Crippen LogP contribution in [0.3, 0.4) is 0 Å². The van der Waals surface area contributed by atoms with E-state index in [1.807, 2.05) is 6.92 Å². The first-order valence-corrected chi connectivity index (χ1v) is 7.48. The summed E-state index contributed by atoms with van der Waals surface area (Å²) in [4.78, 5) is 14.4. The molecular formula is C13H26BrNO. The standard InChI is InChI=1S/C13H26BrNO/c1-6-12(7-2)15(9-8-14)13(16)11(5)10(3)4/h10-12H,6-9H2,1-5H3. The van der Waals surface area contributed by atoms with E-state index in [-0.39, 0.29) is 5.92 Å². The van der Waals surface area contributed by atoms with Crippen LogP contribution in [0, 0.1) is 11.8 Å². The highest BCUT2D eigenvalue weighted by Gasteiger charge is 2.26. The average molecular weight is 292 g/mol. The normalized spacial score (nSPS) is 13.2. The highest BCUT2D eigenvalue weighted by molar-refractivity contribution is 9.09. The summed E-state index contributed by atoms with van der Waals surface area (Å²) in [5.41, 5.74) is 0. The molecule has 0 radical (unpaired) electrons. The Hall–Kier alpha value is -0.0500. The Labute approximate surface area is 109 Å². The summed E-state index contributed by atoms with van der Waals surface area (Å²) in [6.07, 6.45) is 2.08. The number of carbonyl (C=O) groups excluding carboxylic acids is 1. The van der Waals surface area contributed by atoms with E-state index in [0.717, 1.165) is 24.7 Å². The second-order valence-corrected chi connectivity index (χ2v) is 5.52. The van der Waals surface area contributed by atoms with E-state index in [2.05, 4.69) is 48.5 Å². The fourth-order valence-corrected chi connectivity index (χ4v) is 2.22. The number of nitrogens with zero attached hydrogens (tertiary/aromatic N) is 1. The van der Waals surface area contributed by atoms with Crippen molar-refractivity contribution in [1.29, 1.82) is 0 Å². The molecule has 2 nitrogen and oxygen atoms in total. The third-order valence-electron chi connectivity index (χ3n) is 3.38. The summed E-state index contributed by atoms with van der Waals surface area (Å²) < 4.78 is 0. The van der Waals surface area contributed by atoms with Crippen molar-refractivity contribution in [2.24, 2.45) is 11.8 Å². The van der Waals surface area contributed by atoms with E-state index in [9.17, 15) is 4.79 Å². The van der Waals surface area contributed by atoms with Gasteiger partial charge in [-0.15, -0.1) is 0 Å². The minimum absolute atomic E-state index is 0.125. The summed E-state index contributed by atoms with van der Waals surface area (Å²) >= 11 is 3.44. The Kier molecular flexibility index (Phi) is 8.08. The minimum Gasteiger partial charge on any atom is -0.339 e. The van der Waals surface area contributed by atoms with E-state index < -0.39 is 0 Å². The van der Waals surface area contributed by atoms with Gasteiger partial charge in [-0.05, 0) is 18.8 Å². The van der Waals surface area contributed by atoms with Gasteiger partial charge in [-0.25, -0.2) is 0 Å². The van der Waals surface area contributed by atoms with Crippen molar-refractivity contribution in [3.05, 3.63) is 0 Å². The molecule has 0 aromatic rings. The monoisotopic (exact) mass is 291 g/mol. The number of alkyl halides is 1. The molecule has 3 heteroatoms. The van der Waals surface area contributed by atoms with Crippen LogP contribution >= 0.6 is 15.9 Å². The fourth-order valence-electron chi connectivity index (χ4n) is 1.84. The highest BCUT2D eigenvalue weighted by Crippen LogP contribution is 2.18. The number of halogens is 1. The van der Waals surface area contributed by atoms with Crippen molar-refractivity contribution >= 4 is 21.8 Å². The first-order valence-electron chi connectivity index (χ1n) is 6.35. The maximum atomic E-state index is 12.3. The second kappa shape index (κ2) is 8.10. The molecule has 0 aromatic heterocycles. The van der Waals surface area contributed by atoms with Gasteiger partial charge < -0.3 is 4.90 Å². The molecule has 0 rings (SSSR count). The smallest absolute Gasteiger partial charge is 0.225 e. The molecule has 0 saturated heterocycles. The van der Waals surface area contributed by atoms with Gasteiger partial charge in [0.2, 0.25) is 5.91 Å². The van der Waals surface area contributed by atoms with E-state index in [1.54, 1.807) is 0 Å². The summed E-state index contributed by atoms with van der Waals surface area (Å²) in [5, 5.41) is 0.861. The molecule has 96 valence electrons. The summed E-state index contributed by atoms with van der Waals surface area (Å²) in [7, 11) is 0. The van der Waals surface area contributed by atoms with Gasteiger partial charge in [-0.1, -0.05) is 50.5 Å². The topological polar surface area (TPSA) is 20.3 Å². The van der Waals surface area contributed by atoms with Crippen LogP contribution in [0.1, 0.15) is 47.5 Å². The lowest BCUT2D eigenvalue weighted by Crippen LogP contribution is -2.44. The van der Waals surface area contributed by atoms with Crippen LogP contribution in [0.2, 0.25) is 0 Å². The second-order valence-electron chi connectivity index (χ2n) is 4.72. The Morgan fingerprint density at radius 3 is 2.00 bits per heavy atom. The summed E-state index contributed by atoms with van der Waals surface area (Å²) in [5.74, 6) is 0.850. The Bertz CT molecular complexity index is 202. The third kappa shape index (κ3) is 4.44. The first kappa shape index (κ1) is 16.0. The number of hydrogen-bond donors (Lipinski definition) is 0. The lowest BCUT2D eigenvalue weighted by Gasteiger charge is -2.33. The number of rotatable bonds is 7. The van der Waals surface area contributed by atoms with Gasteiger partial charge >= 0.3 is 0 Å². The predicted molar refractivity (Wildman–Crippen MR) is 73.9 cm³/mol. The predicted octanol–water partition coefficient (Wildman–Crippen LogP) is 3.69. The zero-order valence-corrected chi connectivity index (χ0v) is 12.9. The molecule has 0 aliphatic rings. The molecule has 0 aliphatic heterocycles. The van der Waals surface area contributed by atoms with Crippen molar-refractivity contribution in [2.75, 3.05) is 11.9 Å². The van der Waals surface area contributed by atoms with Gasteiger partial charge in [0.25, 0.3) is 0 Å². The molecule has 0 fully saturated rings. The minimum atomic E-state index is 0.125. The molecule has 0 heterocycles. The molecule has 1 amide bonds. The average Bonchev–Trinajstić information content (AvgIpc) is 2.27. The van der Waals surface area contributed by atoms with E-state index >= 15 is 0 Å². The molecule has 16 heavy (non-hydrogen) atoms. The van der Waals surface area contributed by atoms with E-state index in [0.29, 0.717) is 17.9 Å². The van der Waals surface area contributed by atoms with Gasteiger partial charge in [0.05, 0.1) is 0 Å². The van der Waals surface area contributed by atoms with Crippen LogP contribution in [0.25, 0.3) is 0 Å². The van der Waals surface area contributed by atoms with Gasteiger partial charge in [0.15, 0.2) is 0 Å². The lowest BCUT2D eigenvalue weighted by molar-refractivity contribution is -0.138. The van der Waals surface area contributed by atoms with Crippen LogP contribution in [0.15, 0.2) is 0 Å². The van der Waals surface area contributed by atoms with Crippen molar-refractivity contribution < 1.29 is 4.79 Å². The molecule has 1 atom stereocenters. The van der Waals surface area contributed by atoms with Gasteiger partial charge in [0.1, 0.15) is 0 Å². The SMILES string of the molecule is CCC(CC)N(CCBr)C(=O)C(C)C(C)C. The largest absolute Gasteiger partial charge is 0.339 e. The van der Waals surface area contributed by atoms with Gasteiger partial charge in [-0.3, -0.25) is 4.79 Å². The van der Waals surface area contributed by atoms with Crippen molar-refractivity contribution in [3.63, 3.8) is 0 Å². The molecule has 1 unspecified atom stereocenters. The van der Waals surface area contributed by atoms with Gasteiger partial charge in [0, 0.05) is 23.8 Å². The molecule has 0 aliphatic carbocycles. The summed E-state index contributed by atoms with van der Waals surface area (Å²) in [6, 6.07) is 0.395. The molecular weight excluding hydrogens is 266 g/mol. The fraction of sp³-hybridized carbons (Fsp3) is 0.923. The Morgan fingerprint density at radius 1 is 1.19 bits per heavy atom. The van der Waals surface area contributed by atoms with E-state index in [1.165, 1.54) is 0 Å². The van der Waals surface area contributed by atoms with Crippen molar-refractivity contribution in [3.8, 4) is 0 Å². The van der Waals surface area contributed by atoms with E-state index in [4.69, 9.17) is 0 Å². The van der Waals surface area contributed by atoms with Crippen molar-refractivity contribution in [1.82, 2.24) is 4.90 Å².